The second-order valence-corrected chi connectivity index (χ2v) is 20.7. The van der Waals surface area contributed by atoms with E-state index in [4.69, 9.17) is 14.7 Å². The molecule has 8 heterocycles. The Hall–Kier alpha value is -10.6. The SMILES string of the molecule is c1ccc2c(c1)c1ccccc1n2-c1ccc2c(c1)Oc1cc(-n3c4ccccc4c4ccncc43)ccc1C21c2cc(-n3c4ccccc4c4ccccc43)cnc2-c2ncc(-n3c4ccccc4c4ccccc43)cc21. The van der Waals surface area contributed by atoms with Crippen LogP contribution in [0.3, 0.4) is 0 Å². The van der Waals surface area contributed by atoms with Crippen molar-refractivity contribution in [1.29, 1.82) is 0 Å². The molecular weight excluding hydrogens is 955 g/mol. The summed E-state index contributed by atoms with van der Waals surface area (Å²) < 4.78 is 17.0. The zero-order valence-corrected chi connectivity index (χ0v) is 41.7. The van der Waals surface area contributed by atoms with Gasteiger partial charge >= 0.3 is 0 Å². The van der Waals surface area contributed by atoms with Crippen LogP contribution in [0.15, 0.2) is 249 Å². The summed E-state index contributed by atoms with van der Waals surface area (Å²) in [6, 6.07) is 81.2. The van der Waals surface area contributed by atoms with E-state index >= 15 is 0 Å². The van der Waals surface area contributed by atoms with Crippen molar-refractivity contribution in [2.75, 3.05) is 0 Å². The molecule has 0 bridgehead atoms. The molecule has 0 fully saturated rings. The lowest BCUT2D eigenvalue weighted by Crippen LogP contribution is -2.32. The maximum Gasteiger partial charge on any atom is 0.134 e. The summed E-state index contributed by atoms with van der Waals surface area (Å²) in [6.07, 6.45) is 7.92. The summed E-state index contributed by atoms with van der Waals surface area (Å²) in [5.41, 5.74) is 17.5. The number of ether oxygens (including phenoxy) is 1. The highest BCUT2D eigenvalue weighted by atomic mass is 16.5. The maximum atomic E-state index is 7.56. The average molecular weight is 996 g/mol. The minimum Gasteiger partial charge on any atom is -0.457 e. The van der Waals surface area contributed by atoms with Gasteiger partial charge in [0, 0.05) is 95.0 Å². The molecule has 0 unspecified atom stereocenters. The summed E-state index contributed by atoms with van der Waals surface area (Å²) in [5, 5.41) is 9.47. The summed E-state index contributed by atoms with van der Waals surface area (Å²) in [6.45, 7) is 0. The third-order valence-electron chi connectivity index (χ3n) is 17.0. The molecule has 362 valence electrons. The van der Waals surface area contributed by atoms with Gasteiger partial charge in [-0.1, -0.05) is 140 Å². The van der Waals surface area contributed by atoms with Gasteiger partial charge in [-0.15, -0.1) is 0 Å². The Labute approximate surface area is 445 Å². The zero-order chi connectivity index (χ0) is 50.8. The van der Waals surface area contributed by atoms with E-state index in [9.17, 15) is 0 Å². The molecule has 8 heteroatoms. The molecule has 0 atom stereocenters. The molecule has 0 N–H and O–H groups in total. The molecule has 0 radical (unpaired) electrons. The van der Waals surface area contributed by atoms with Gasteiger partial charge in [-0.25, -0.2) is 0 Å². The highest BCUT2D eigenvalue weighted by molar-refractivity contribution is 6.12. The number of pyridine rings is 3. The highest BCUT2D eigenvalue weighted by Gasteiger charge is 2.53. The Balaban J connectivity index is 0.972. The van der Waals surface area contributed by atoms with Gasteiger partial charge in [-0.3, -0.25) is 15.0 Å². The Morgan fingerprint density at radius 1 is 0.282 bits per heavy atom. The van der Waals surface area contributed by atoms with E-state index in [-0.39, 0.29) is 0 Å². The van der Waals surface area contributed by atoms with Crippen LogP contribution in [0.2, 0.25) is 0 Å². The topological polar surface area (TPSA) is 67.6 Å². The van der Waals surface area contributed by atoms with Crippen LogP contribution in [-0.4, -0.2) is 33.2 Å². The van der Waals surface area contributed by atoms with Crippen LogP contribution in [0.4, 0.5) is 0 Å². The lowest BCUT2D eigenvalue weighted by atomic mass is 9.66. The maximum absolute atomic E-state index is 7.56. The van der Waals surface area contributed by atoms with E-state index in [2.05, 4.69) is 248 Å². The monoisotopic (exact) mass is 995 g/mol. The predicted octanol–water partition coefficient (Wildman–Crippen LogP) is 16.7. The number of nitrogens with zero attached hydrogens (tertiary/aromatic N) is 7. The fourth-order valence-corrected chi connectivity index (χ4v) is 13.9. The number of hydrogen-bond acceptors (Lipinski definition) is 4. The van der Waals surface area contributed by atoms with Crippen molar-refractivity contribution < 1.29 is 4.74 Å². The third-order valence-corrected chi connectivity index (χ3v) is 17.0. The number of benzene rings is 9. The summed E-state index contributed by atoms with van der Waals surface area (Å²) in [4.78, 5) is 15.8. The van der Waals surface area contributed by atoms with E-state index < -0.39 is 5.41 Å². The predicted molar refractivity (Wildman–Crippen MR) is 315 cm³/mol. The lowest BCUT2D eigenvalue weighted by molar-refractivity contribution is 0.436. The van der Waals surface area contributed by atoms with E-state index in [1.807, 2.05) is 24.8 Å². The van der Waals surface area contributed by atoms with Crippen LogP contribution in [0.5, 0.6) is 11.5 Å². The van der Waals surface area contributed by atoms with Crippen molar-refractivity contribution in [3.63, 3.8) is 0 Å². The van der Waals surface area contributed by atoms with Crippen molar-refractivity contribution in [2.45, 2.75) is 5.41 Å². The number of aromatic nitrogens is 7. The normalized spacial score (nSPS) is 13.3. The van der Waals surface area contributed by atoms with Crippen LogP contribution in [0, 0.1) is 0 Å². The molecule has 1 spiro atoms. The molecule has 18 rings (SSSR count). The highest BCUT2D eigenvalue weighted by Crippen LogP contribution is 2.62. The molecule has 16 aromatic rings. The quantitative estimate of drug-likeness (QED) is 0.176. The van der Waals surface area contributed by atoms with E-state index in [0.717, 1.165) is 123 Å². The molecule has 8 nitrogen and oxygen atoms in total. The molecule has 0 saturated heterocycles. The molecule has 2 aliphatic rings. The molecular formula is C70H41N7O. The zero-order valence-electron chi connectivity index (χ0n) is 41.7. The minimum atomic E-state index is -0.975. The third kappa shape index (κ3) is 5.34. The second-order valence-electron chi connectivity index (χ2n) is 20.7. The summed E-state index contributed by atoms with van der Waals surface area (Å²) >= 11 is 0. The fraction of sp³-hybridized carbons (Fsp3) is 0.0143. The fourth-order valence-electron chi connectivity index (χ4n) is 13.9. The number of rotatable bonds is 4. The minimum absolute atomic E-state index is 0.748. The first-order chi connectivity index (χ1) is 38.7. The molecule has 0 amide bonds. The largest absolute Gasteiger partial charge is 0.457 e. The molecule has 78 heavy (non-hydrogen) atoms. The van der Waals surface area contributed by atoms with Gasteiger partial charge in [-0.2, -0.15) is 0 Å². The molecule has 0 saturated carbocycles. The van der Waals surface area contributed by atoms with E-state index in [1.54, 1.807) is 0 Å². The summed E-state index contributed by atoms with van der Waals surface area (Å²) in [5.74, 6) is 1.50. The van der Waals surface area contributed by atoms with Crippen LogP contribution in [0.25, 0.3) is 121 Å². The standard InChI is InChI=1S/C70H41N7O/c1-8-22-58-46(15-1)47-16-2-9-23-59(47)74(58)42-29-31-54-66(37-42)78-67-38-43(75-60-24-10-7-21-52(60)53-33-34-71-41-65(53)75)30-32-55(67)70(54)56-35-44(76-61-25-11-3-17-48(61)49-18-4-12-26-62(49)76)39-72-68(56)69-57(70)36-45(40-73-69)77-63-27-13-5-19-50(63)51-20-6-14-28-64(51)77/h1-41H. The first kappa shape index (κ1) is 41.7. The van der Waals surface area contributed by atoms with Crippen molar-refractivity contribution in [3.05, 3.63) is 271 Å². The molecule has 7 aromatic heterocycles. The average Bonchev–Trinajstić information content (AvgIpc) is 4.24. The Morgan fingerprint density at radius 2 is 0.603 bits per heavy atom. The number of fused-ring (bicyclic) bond motifs is 21. The van der Waals surface area contributed by atoms with Crippen molar-refractivity contribution in [1.82, 2.24) is 33.2 Å². The van der Waals surface area contributed by atoms with Gasteiger partial charge < -0.3 is 23.0 Å². The van der Waals surface area contributed by atoms with Crippen LogP contribution >= 0.6 is 0 Å². The van der Waals surface area contributed by atoms with Gasteiger partial charge in [0.25, 0.3) is 0 Å². The number of hydrogen-bond donors (Lipinski definition) is 0. The van der Waals surface area contributed by atoms with Gasteiger partial charge in [-0.05, 0) is 72.8 Å². The van der Waals surface area contributed by atoms with Crippen LogP contribution in [-0.2, 0) is 5.41 Å². The molecule has 1 aliphatic carbocycles. The smallest absolute Gasteiger partial charge is 0.134 e. The second kappa shape index (κ2) is 15.3. The van der Waals surface area contributed by atoms with Gasteiger partial charge in [0.05, 0.1) is 90.9 Å². The van der Waals surface area contributed by atoms with E-state index in [1.165, 1.54) is 32.3 Å². The molecule has 9 aromatic carbocycles. The first-order valence-electron chi connectivity index (χ1n) is 26.5. The Bertz CT molecular complexity index is 4740. The lowest BCUT2D eigenvalue weighted by Gasteiger charge is -2.39. The van der Waals surface area contributed by atoms with Crippen LogP contribution < -0.4 is 4.74 Å². The summed E-state index contributed by atoms with van der Waals surface area (Å²) in [7, 11) is 0. The van der Waals surface area contributed by atoms with Gasteiger partial charge in [0.1, 0.15) is 11.5 Å². The first-order valence-corrected chi connectivity index (χ1v) is 26.5. The van der Waals surface area contributed by atoms with Crippen molar-refractivity contribution in [2.24, 2.45) is 0 Å². The van der Waals surface area contributed by atoms with Gasteiger partial charge in [0.15, 0.2) is 0 Å². The number of para-hydroxylation sites is 7. The Kier molecular flexibility index (Phi) is 8.18. The van der Waals surface area contributed by atoms with Crippen molar-refractivity contribution in [3.8, 4) is 45.6 Å². The van der Waals surface area contributed by atoms with E-state index in [0.29, 0.717) is 0 Å². The Morgan fingerprint density at radius 3 is 0.974 bits per heavy atom. The van der Waals surface area contributed by atoms with Gasteiger partial charge in [0.2, 0.25) is 0 Å². The molecule has 1 aliphatic heterocycles. The van der Waals surface area contributed by atoms with Crippen molar-refractivity contribution >= 4 is 87.2 Å². The van der Waals surface area contributed by atoms with Crippen LogP contribution in [0.1, 0.15) is 22.3 Å².